The predicted octanol–water partition coefficient (Wildman–Crippen LogP) is 0.120. The van der Waals surface area contributed by atoms with Crippen LogP contribution in [0.2, 0.25) is 0 Å². The molecule has 2 rings (SSSR count). The molecule has 0 aliphatic carbocycles. The first-order valence-electron chi connectivity index (χ1n) is 6.19. The molecule has 1 heterocycles. The molecule has 2 N–H and O–H groups in total. The number of sulfone groups is 1. The SMILES string of the molecule is Cc1ccc(S(C)(=O)=O)cc1S(=O)(=O)N1CC[C@@H](N)C1. The number of hydrogen-bond donors (Lipinski definition) is 1. The van der Waals surface area contributed by atoms with E-state index in [9.17, 15) is 16.8 Å². The number of nitrogens with two attached hydrogens (primary N) is 1. The van der Waals surface area contributed by atoms with Crippen molar-refractivity contribution in [1.82, 2.24) is 4.31 Å². The van der Waals surface area contributed by atoms with Crippen LogP contribution in [0.25, 0.3) is 0 Å². The summed E-state index contributed by atoms with van der Waals surface area (Å²) in [6.45, 7) is 2.28. The molecule has 1 aliphatic heterocycles. The lowest BCUT2D eigenvalue weighted by molar-refractivity contribution is 0.472. The zero-order valence-electron chi connectivity index (χ0n) is 11.4. The zero-order chi connectivity index (χ0) is 15.1. The molecule has 8 heteroatoms. The van der Waals surface area contributed by atoms with E-state index in [0.717, 1.165) is 6.26 Å². The van der Waals surface area contributed by atoms with E-state index in [0.29, 0.717) is 18.5 Å². The van der Waals surface area contributed by atoms with Crippen LogP contribution >= 0.6 is 0 Å². The summed E-state index contributed by atoms with van der Waals surface area (Å²) >= 11 is 0. The minimum atomic E-state index is -3.70. The maximum absolute atomic E-state index is 12.6. The minimum Gasteiger partial charge on any atom is -0.326 e. The molecule has 0 saturated carbocycles. The number of hydrogen-bond acceptors (Lipinski definition) is 5. The first kappa shape index (κ1) is 15.4. The Morgan fingerprint density at radius 2 is 1.90 bits per heavy atom. The number of sulfonamides is 1. The van der Waals surface area contributed by atoms with Crippen molar-refractivity contribution in [3.05, 3.63) is 23.8 Å². The van der Waals surface area contributed by atoms with Gasteiger partial charge in [0.1, 0.15) is 0 Å². The molecule has 1 atom stereocenters. The summed E-state index contributed by atoms with van der Waals surface area (Å²) in [4.78, 5) is 0.0414. The second-order valence-corrected chi connectivity index (χ2v) is 9.03. The molecule has 1 saturated heterocycles. The van der Waals surface area contributed by atoms with E-state index in [1.54, 1.807) is 6.92 Å². The molecule has 6 nitrogen and oxygen atoms in total. The average Bonchev–Trinajstić information content (AvgIpc) is 2.75. The summed E-state index contributed by atoms with van der Waals surface area (Å²) < 4.78 is 49.6. The number of aryl methyl sites for hydroxylation is 1. The maximum atomic E-state index is 12.6. The summed E-state index contributed by atoms with van der Waals surface area (Å²) in [5, 5.41) is 0. The lowest BCUT2D eigenvalue weighted by Crippen LogP contribution is -2.32. The number of nitrogens with zero attached hydrogens (tertiary/aromatic N) is 1. The van der Waals surface area contributed by atoms with E-state index in [-0.39, 0.29) is 22.4 Å². The molecule has 0 unspecified atom stereocenters. The first-order valence-corrected chi connectivity index (χ1v) is 9.52. The van der Waals surface area contributed by atoms with Crippen LogP contribution in [0.1, 0.15) is 12.0 Å². The topological polar surface area (TPSA) is 97.5 Å². The van der Waals surface area contributed by atoms with Crippen LogP contribution in [0.4, 0.5) is 0 Å². The second kappa shape index (κ2) is 5.10. The largest absolute Gasteiger partial charge is 0.326 e. The van der Waals surface area contributed by atoms with Gasteiger partial charge < -0.3 is 5.73 Å². The van der Waals surface area contributed by atoms with Crippen LogP contribution in [0, 0.1) is 6.92 Å². The predicted molar refractivity (Wildman–Crippen MR) is 75.6 cm³/mol. The molecule has 0 amide bonds. The van der Waals surface area contributed by atoms with Crippen LogP contribution in [0.15, 0.2) is 28.0 Å². The Morgan fingerprint density at radius 1 is 1.25 bits per heavy atom. The van der Waals surface area contributed by atoms with Crippen molar-refractivity contribution >= 4 is 19.9 Å². The second-order valence-electron chi connectivity index (χ2n) is 5.11. The average molecular weight is 318 g/mol. The Balaban J connectivity index is 2.52. The number of rotatable bonds is 3. The van der Waals surface area contributed by atoms with Gasteiger partial charge in [0.05, 0.1) is 9.79 Å². The standard InChI is InChI=1S/C12H18N2O4S2/c1-9-3-4-11(19(2,15)16)7-12(9)20(17,18)14-6-5-10(13)8-14/h3-4,7,10H,5-6,8,13H2,1-2H3/t10-/m1/s1. The van der Waals surface area contributed by atoms with Crippen molar-refractivity contribution in [2.45, 2.75) is 29.2 Å². The third-order valence-corrected chi connectivity index (χ3v) is 6.51. The van der Waals surface area contributed by atoms with Gasteiger partial charge >= 0.3 is 0 Å². The lowest BCUT2D eigenvalue weighted by Gasteiger charge is -2.18. The van der Waals surface area contributed by atoms with Crippen LogP contribution in [0.5, 0.6) is 0 Å². The van der Waals surface area contributed by atoms with Crippen molar-refractivity contribution in [2.75, 3.05) is 19.3 Å². The normalized spacial score (nSPS) is 21.2. The minimum absolute atomic E-state index is 0.00479. The summed E-state index contributed by atoms with van der Waals surface area (Å²) in [5.74, 6) is 0. The molecular weight excluding hydrogens is 300 g/mol. The fourth-order valence-corrected chi connectivity index (χ4v) is 4.68. The lowest BCUT2D eigenvalue weighted by atomic mass is 10.2. The number of benzene rings is 1. The van der Waals surface area contributed by atoms with Crippen LogP contribution in [0.3, 0.4) is 0 Å². The van der Waals surface area contributed by atoms with Crippen LogP contribution < -0.4 is 5.73 Å². The van der Waals surface area contributed by atoms with Gasteiger partial charge in [-0.2, -0.15) is 4.31 Å². The van der Waals surface area contributed by atoms with Gasteiger partial charge in [-0.3, -0.25) is 0 Å². The van der Waals surface area contributed by atoms with Gasteiger partial charge in [0, 0.05) is 25.4 Å². The van der Waals surface area contributed by atoms with E-state index in [2.05, 4.69) is 0 Å². The molecule has 1 aromatic rings. The molecule has 0 aromatic heterocycles. The van der Waals surface area contributed by atoms with E-state index in [4.69, 9.17) is 5.73 Å². The van der Waals surface area contributed by atoms with Crippen molar-refractivity contribution in [1.29, 1.82) is 0 Å². The van der Waals surface area contributed by atoms with Gasteiger partial charge in [0.2, 0.25) is 10.0 Å². The van der Waals surface area contributed by atoms with Crippen molar-refractivity contribution in [2.24, 2.45) is 5.73 Å². The molecule has 0 radical (unpaired) electrons. The summed E-state index contributed by atoms with van der Waals surface area (Å²) in [6, 6.07) is 3.99. The van der Waals surface area contributed by atoms with Gasteiger partial charge in [0.25, 0.3) is 0 Å². The third-order valence-electron chi connectivity index (χ3n) is 3.39. The fraction of sp³-hybridized carbons (Fsp3) is 0.500. The quantitative estimate of drug-likeness (QED) is 0.853. The Bertz CT molecular complexity index is 726. The van der Waals surface area contributed by atoms with Gasteiger partial charge in [-0.05, 0) is 31.0 Å². The van der Waals surface area contributed by atoms with E-state index >= 15 is 0 Å². The Kier molecular flexibility index (Phi) is 3.94. The molecule has 20 heavy (non-hydrogen) atoms. The van der Waals surface area contributed by atoms with Gasteiger partial charge in [0.15, 0.2) is 9.84 Å². The Hall–Kier alpha value is -0.960. The molecule has 1 aromatic carbocycles. The van der Waals surface area contributed by atoms with Crippen LogP contribution in [-0.4, -0.2) is 46.5 Å². The molecule has 1 aliphatic rings. The molecule has 112 valence electrons. The first-order chi connectivity index (χ1) is 9.12. The highest BCUT2D eigenvalue weighted by atomic mass is 32.2. The van der Waals surface area contributed by atoms with E-state index in [1.807, 2.05) is 0 Å². The van der Waals surface area contributed by atoms with Gasteiger partial charge in [-0.25, -0.2) is 16.8 Å². The molecule has 0 bridgehead atoms. The smallest absolute Gasteiger partial charge is 0.243 e. The molecular formula is C12H18N2O4S2. The van der Waals surface area contributed by atoms with E-state index < -0.39 is 19.9 Å². The van der Waals surface area contributed by atoms with Crippen molar-refractivity contribution in [3.63, 3.8) is 0 Å². The Labute approximate surface area is 119 Å². The summed E-state index contributed by atoms with van der Waals surface area (Å²) in [6.07, 6.45) is 1.67. The highest BCUT2D eigenvalue weighted by Gasteiger charge is 2.32. The molecule has 1 fully saturated rings. The van der Waals surface area contributed by atoms with Gasteiger partial charge in [-0.15, -0.1) is 0 Å². The van der Waals surface area contributed by atoms with Crippen molar-refractivity contribution in [3.8, 4) is 0 Å². The van der Waals surface area contributed by atoms with E-state index in [1.165, 1.54) is 22.5 Å². The van der Waals surface area contributed by atoms with Gasteiger partial charge in [-0.1, -0.05) is 6.07 Å². The fourth-order valence-electron chi connectivity index (χ4n) is 2.20. The summed E-state index contributed by atoms with van der Waals surface area (Å²) in [5.41, 5.74) is 6.26. The highest BCUT2D eigenvalue weighted by molar-refractivity contribution is 7.91. The highest BCUT2D eigenvalue weighted by Crippen LogP contribution is 2.25. The van der Waals surface area contributed by atoms with Crippen molar-refractivity contribution < 1.29 is 16.8 Å². The maximum Gasteiger partial charge on any atom is 0.243 e. The third kappa shape index (κ3) is 2.88. The van der Waals surface area contributed by atoms with Crippen LogP contribution in [-0.2, 0) is 19.9 Å². The summed E-state index contributed by atoms with van der Waals surface area (Å²) in [7, 11) is -7.14. The zero-order valence-corrected chi connectivity index (χ0v) is 13.0. The monoisotopic (exact) mass is 318 g/mol. The molecule has 0 spiro atoms. The Morgan fingerprint density at radius 3 is 2.40 bits per heavy atom.